The van der Waals surface area contributed by atoms with Crippen molar-refractivity contribution < 1.29 is 14.8 Å². The summed E-state index contributed by atoms with van der Waals surface area (Å²) in [7, 11) is 0. The minimum Gasteiger partial charge on any atom is -0.478 e. The number of nitro groups is 1. The third-order valence-corrected chi connectivity index (χ3v) is 4.77. The van der Waals surface area contributed by atoms with Gasteiger partial charge in [-0.1, -0.05) is 0 Å². The molecule has 0 radical (unpaired) electrons. The van der Waals surface area contributed by atoms with Gasteiger partial charge in [0.15, 0.2) is 0 Å². The van der Waals surface area contributed by atoms with E-state index in [1.54, 1.807) is 13.0 Å². The van der Waals surface area contributed by atoms with Crippen LogP contribution in [0.3, 0.4) is 0 Å². The lowest BCUT2D eigenvalue weighted by molar-refractivity contribution is -0.385. The molecule has 0 saturated carbocycles. The fourth-order valence-electron chi connectivity index (χ4n) is 1.47. The zero-order valence-electron chi connectivity index (χ0n) is 10.6. The van der Waals surface area contributed by atoms with E-state index in [0.717, 1.165) is 0 Å². The molecule has 0 fully saturated rings. The highest BCUT2D eigenvalue weighted by Crippen LogP contribution is 2.35. The number of carbonyl (C=O) groups is 1. The van der Waals surface area contributed by atoms with E-state index in [9.17, 15) is 14.9 Å². The maximum absolute atomic E-state index is 10.8. The van der Waals surface area contributed by atoms with Gasteiger partial charge in [0.05, 0.1) is 15.0 Å². The highest BCUT2D eigenvalue weighted by molar-refractivity contribution is 9.10. The Bertz CT molecular complexity index is 721. The summed E-state index contributed by atoms with van der Waals surface area (Å²) in [6, 6.07) is 2.99. The first-order chi connectivity index (χ1) is 9.90. The number of pyridine rings is 2. The number of rotatable bonds is 4. The normalized spacial score (nSPS) is 10.4. The number of hydrogen-bond donors (Lipinski definition) is 1. The summed E-state index contributed by atoms with van der Waals surface area (Å²) in [4.78, 5) is 29.1. The van der Waals surface area contributed by atoms with Gasteiger partial charge in [0.2, 0.25) is 0 Å². The summed E-state index contributed by atoms with van der Waals surface area (Å²) in [5.74, 6) is -1.05. The quantitative estimate of drug-likeness (QED) is 0.650. The van der Waals surface area contributed by atoms with E-state index in [0.29, 0.717) is 20.1 Å². The van der Waals surface area contributed by atoms with Crippen molar-refractivity contribution in [3.8, 4) is 0 Å². The van der Waals surface area contributed by atoms with Crippen LogP contribution in [0, 0.1) is 17.0 Å². The Morgan fingerprint density at radius 3 is 2.62 bits per heavy atom. The second-order valence-electron chi connectivity index (χ2n) is 3.94. The van der Waals surface area contributed by atoms with Gasteiger partial charge < -0.3 is 5.11 Å². The number of halogens is 1. The van der Waals surface area contributed by atoms with Crippen LogP contribution in [0.4, 0.5) is 5.69 Å². The number of hydrogen-bond acceptors (Lipinski definition) is 6. The lowest BCUT2D eigenvalue weighted by Crippen LogP contribution is -1.98. The van der Waals surface area contributed by atoms with Crippen molar-refractivity contribution >= 4 is 39.3 Å². The van der Waals surface area contributed by atoms with Gasteiger partial charge in [-0.3, -0.25) is 10.1 Å². The molecule has 21 heavy (non-hydrogen) atoms. The molecule has 2 rings (SSSR count). The molecule has 1 N–H and O–H groups in total. The van der Waals surface area contributed by atoms with Crippen LogP contribution in [0.25, 0.3) is 0 Å². The van der Waals surface area contributed by atoms with Gasteiger partial charge in [-0.05, 0) is 46.7 Å². The van der Waals surface area contributed by atoms with Crippen LogP contribution in [-0.2, 0) is 0 Å². The Morgan fingerprint density at radius 1 is 1.38 bits per heavy atom. The molecule has 0 spiro atoms. The van der Waals surface area contributed by atoms with Crippen molar-refractivity contribution in [2.45, 2.75) is 17.0 Å². The van der Waals surface area contributed by atoms with Crippen molar-refractivity contribution in [2.24, 2.45) is 0 Å². The lowest BCUT2D eigenvalue weighted by Gasteiger charge is -2.06. The molecule has 0 atom stereocenters. The third kappa shape index (κ3) is 3.37. The van der Waals surface area contributed by atoms with Crippen molar-refractivity contribution in [3.63, 3.8) is 0 Å². The number of aromatic carboxylic acids is 1. The number of carboxylic acid groups (broad SMARTS) is 1. The Morgan fingerprint density at radius 2 is 2.10 bits per heavy atom. The molecule has 0 amide bonds. The zero-order chi connectivity index (χ0) is 15.6. The minimum atomic E-state index is -1.05. The van der Waals surface area contributed by atoms with Crippen LogP contribution >= 0.6 is 27.7 Å². The predicted octanol–water partition coefficient (Wildman–Crippen LogP) is 3.31. The zero-order valence-corrected chi connectivity index (χ0v) is 13.0. The highest BCUT2D eigenvalue weighted by Gasteiger charge is 2.18. The molecule has 0 aromatic carbocycles. The highest BCUT2D eigenvalue weighted by atomic mass is 79.9. The first-order valence-electron chi connectivity index (χ1n) is 5.57. The number of carboxylic acids is 1. The monoisotopic (exact) mass is 369 g/mol. The van der Waals surface area contributed by atoms with E-state index in [2.05, 4.69) is 25.9 Å². The van der Waals surface area contributed by atoms with E-state index in [-0.39, 0.29) is 11.3 Å². The SMILES string of the molecule is Cc1c([N+](=O)[O-])cnc(Sc2ccc(C(=O)O)cn2)c1Br. The molecule has 2 heterocycles. The number of aromatic nitrogens is 2. The van der Waals surface area contributed by atoms with Gasteiger partial charge in [0.1, 0.15) is 16.2 Å². The molecular formula is C12H8BrN3O4S. The molecule has 9 heteroatoms. The van der Waals surface area contributed by atoms with Crippen LogP contribution in [0.1, 0.15) is 15.9 Å². The molecule has 7 nitrogen and oxygen atoms in total. The fourth-order valence-corrected chi connectivity index (χ4v) is 2.80. The average molecular weight is 370 g/mol. The summed E-state index contributed by atoms with van der Waals surface area (Å²) >= 11 is 4.47. The van der Waals surface area contributed by atoms with Gasteiger partial charge in [0, 0.05) is 11.8 Å². The first-order valence-corrected chi connectivity index (χ1v) is 7.17. The van der Waals surface area contributed by atoms with E-state index >= 15 is 0 Å². The molecule has 0 aliphatic carbocycles. The molecule has 2 aromatic heterocycles. The molecule has 0 unspecified atom stereocenters. The topological polar surface area (TPSA) is 106 Å². The minimum absolute atomic E-state index is 0.0691. The summed E-state index contributed by atoms with van der Waals surface area (Å²) in [5.41, 5.74) is 0.492. The standard InChI is InChI=1S/C12H8BrN3O4S/c1-6-8(16(19)20)5-15-11(10(6)13)21-9-3-2-7(4-14-9)12(17)18/h2-5H,1H3,(H,17,18). The van der Waals surface area contributed by atoms with Crippen LogP contribution < -0.4 is 0 Å². The second-order valence-corrected chi connectivity index (χ2v) is 5.74. The van der Waals surface area contributed by atoms with Crippen molar-refractivity contribution in [3.05, 3.63) is 50.2 Å². The van der Waals surface area contributed by atoms with E-state index in [1.807, 2.05) is 0 Å². The Kier molecular flexibility index (Phi) is 4.53. The smallest absolute Gasteiger partial charge is 0.337 e. The van der Waals surface area contributed by atoms with Crippen LogP contribution in [0.2, 0.25) is 0 Å². The molecule has 2 aromatic rings. The van der Waals surface area contributed by atoms with E-state index in [1.165, 1.54) is 30.2 Å². The molecular weight excluding hydrogens is 362 g/mol. The first kappa shape index (κ1) is 15.4. The maximum atomic E-state index is 10.8. The van der Waals surface area contributed by atoms with Crippen LogP contribution in [-0.4, -0.2) is 26.0 Å². The Balaban J connectivity index is 2.29. The Labute approximate surface area is 131 Å². The van der Waals surface area contributed by atoms with Gasteiger partial charge in [0.25, 0.3) is 5.69 Å². The second kappa shape index (κ2) is 6.19. The molecule has 108 valence electrons. The Hall–Kier alpha value is -2.00. The van der Waals surface area contributed by atoms with Gasteiger partial charge in [-0.25, -0.2) is 14.8 Å². The summed E-state index contributed by atoms with van der Waals surface area (Å²) in [5, 5.41) is 20.7. The summed E-state index contributed by atoms with van der Waals surface area (Å²) in [6.45, 7) is 1.62. The summed E-state index contributed by atoms with van der Waals surface area (Å²) in [6.07, 6.45) is 2.44. The van der Waals surface area contributed by atoms with Crippen molar-refractivity contribution in [1.29, 1.82) is 0 Å². The largest absolute Gasteiger partial charge is 0.478 e. The average Bonchev–Trinajstić information content (AvgIpc) is 2.44. The fraction of sp³-hybridized carbons (Fsp3) is 0.0833. The van der Waals surface area contributed by atoms with E-state index < -0.39 is 10.9 Å². The molecule has 0 bridgehead atoms. The maximum Gasteiger partial charge on any atom is 0.337 e. The van der Waals surface area contributed by atoms with Gasteiger partial charge in [-0.15, -0.1) is 0 Å². The third-order valence-electron chi connectivity index (χ3n) is 2.59. The predicted molar refractivity (Wildman–Crippen MR) is 78.6 cm³/mol. The van der Waals surface area contributed by atoms with Gasteiger partial charge >= 0.3 is 5.97 Å². The molecule has 0 saturated heterocycles. The van der Waals surface area contributed by atoms with E-state index in [4.69, 9.17) is 5.11 Å². The molecule has 0 aliphatic heterocycles. The van der Waals surface area contributed by atoms with Gasteiger partial charge in [-0.2, -0.15) is 0 Å². The van der Waals surface area contributed by atoms with Crippen LogP contribution in [0.15, 0.2) is 39.1 Å². The number of nitrogens with zero attached hydrogens (tertiary/aromatic N) is 3. The molecule has 0 aliphatic rings. The lowest BCUT2D eigenvalue weighted by atomic mass is 10.2. The van der Waals surface area contributed by atoms with Crippen molar-refractivity contribution in [1.82, 2.24) is 9.97 Å². The van der Waals surface area contributed by atoms with Crippen molar-refractivity contribution in [2.75, 3.05) is 0 Å². The summed E-state index contributed by atoms with van der Waals surface area (Å²) < 4.78 is 0.519. The van der Waals surface area contributed by atoms with Crippen LogP contribution in [0.5, 0.6) is 0 Å².